The van der Waals surface area contributed by atoms with Gasteiger partial charge in [0.05, 0.1) is 12.6 Å². The van der Waals surface area contributed by atoms with Crippen molar-refractivity contribution in [2.75, 3.05) is 6.54 Å². The van der Waals surface area contributed by atoms with Gasteiger partial charge in [-0.1, -0.05) is 12.1 Å². The van der Waals surface area contributed by atoms with Crippen molar-refractivity contribution in [3.8, 4) is 0 Å². The van der Waals surface area contributed by atoms with Gasteiger partial charge in [0.2, 0.25) is 0 Å². The predicted molar refractivity (Wildman–Crippen MR) is 87.6 cm³/mol. The van der Waals surface area contributed by atoms with E-state index in [9.17, 15) is 14.3 Å². The van der Waals surface area contributed by atoms with E-state index >= 15 is 0 Å². The first kappa shape index (κ1) is 16.0. The zero-order chi connectivity index (χ0) is 16.2. The number of aliphatic hydroxyl groups is 1. The minimum Gasteiger partial charge on any atom is -0.387 e. The zero-order valence-electron chi connectivity index (χ0n) is 12.6. The molecule has 23 heavy (non-hydrogen) atoms. The molecule has 3 rings (SSSR count). The maximum atomic E-state index is 13.0. The summed E-state index contributed by atoms with van der Waals surface area (Å²) in [6, 6.07) is 7.72. The molecular weight excluding hydrogens is 315 g/mol. The van der Waals surface area contributed by atoms with Crippen LogP contribution in [0.2, 0.25) is 0 Å². The molecule has 0 radical (unpaired) electrons. The number of hydrogen-bond donors (Lipinski definition) is 2. The number of benzene rings is 1. The van der Waals surface area contributed by atoms with Crippen LogP contribution in [0, 0.1) is 5.82 Å². The summed E-state index contributed by atoms with van der Waals surface area (Å²) in [4.78, 5) is 14.1. The van der Waals surface area contributed by atoms with E-state index in [2.05, 4.69) is 5.32 Å². The van der Waals surface area contributed by atoms with E-state index < -0.39 is 6.10 Å². The highest BCUT2D eigenvalue weighted by atomic mass is 32.1. The van der Waals surface area contributed by atoms with Gasteiger partial charge >= 0.3 is 6.03 Å². The van der Waals surface area contributed by atoms with Crippen LogP contribution in [-0.2, 0) is 6.54 Å². The molecule has 122 valence electrons. The quantitative estimate of drug-likeness (QED) is 0.852. The predicted octanol–water partition coefficient (Wildman–Crippen LogP) is 3.29. The second-order valence-electron chi connectivity index (χ2n) is 5.74. The van der Waals surface area contributed by atoms with Crippen LogP contribution in [0.4, 0.5) is 9.18 Å². The van der Waals surface area contributed by atoms with Gasteiger partial charge in [-0.05, 0) is 52.9 Å². The van der Waals surface area contributed by atoms with E-state index in [4.69, 9.17) is 0 Å². The molecule has 1 aliphatic rings. The average Bonchev–Trinajstić information content (AvgIpc) is 3.26. The van der Waals surface area contributed by atoms with Crippen molar-refractivity contribution >= 4 is 17.4 Å². The number of halogens is 1. The molecular formula is C17H19FN2O2S. The fourth-order valence-corrected chi connectivity index (χ4v) is 3.10. The zero-order valence-corrected chi connectivity index (χ0v) is 13.4. The third kappa shape index (κ3) is 4.30. The van der Waals surface area contributed by atoms with Gasteiger partial charge in [0.15, 0.2) is 0 Å². The van der Waals surface area contributed by atoms with Crippen LogP contribution < -0.4 is 5.32 Å². The van der Waals surface area contributed by atoms with Crippen LogP contribution in [0.25, 0.3) is 0 Å². The first-order valence-electron chi connectivity index (χ1n) is 7.62. The van der Waals surface area contributed by atoms with Crippen molar-refractivity contribution in [1.29, 1.82) is 0 Å². The molecule has 1 unspecified atom stereocenters. The Hall–Kier alpha value is -1.92. The Labute approximate surface area is 138 Å². The van der Waals surface area contributed by atoms with Gasteiger partial charge in [0, 0.05) is 12.6 Å². The molecule has 0 spiro atoms. The average molecular weight is 334 g/mol. The molecule has 2 amide bonds. The van der Waals surface area contributed by atoms with E-state index in [1.54, 1.807) is 28.4 Å². The molecule has 2 aromatic rings. The lowest BCUT2D eigenvalue weighted by Gasteiger charge is -2.25. The standard InChI is InChI=1S/C17H19FN2O2S/c18-14-3-1-13(2-4-14)16(21)10-20(15-5-6-15)17(22)19-9-12-7-8-23-11-12/h1-4,7-8,11,15-16,21H,5-6,9-10H2,(H,19,22). The summed E-state index contributed by atoms with van der Waals surface area (Å²) in [7, 11) is 0. The molecule has 1 atom stereocenters. The monoisotopic (exact) mass is 334 g/mol. The summed E-state index contributed by atoms with van der Waals surface area (Å²) in [6.07, 6.45) is 1.10. The maximum Gasteiger partial charge on any atom is 0.318 e. The summed E-state index contributed by atoms with van der Waals surface area (Å²) in [5.41, 5.74) is 1.68. The molecule has 1 aliphatic carbocycles. The highest BCUT2D eigenvalue weighted by Gasteiger charge is 2.33. The SMILES string of the molecule is O=C(NCc1ccsc1)N(CC(O)c1ccc(F)cc1)C1CC1. The molecule has 4 nitrogen and oxygen atoms in total. The minimum atomic E-state index is -0.817. The first-order valence-corrected chi connectivity index (χ1v) is 8.57. The van der Waals surface area contributed by atoms with Gasteiger partial charge in [-0.15, -0.1) is 0 Å². The van der Waals surface area contributed by atoms with E-state index in [1.807, 2.05) is 16.8 Å². The summed E-state index contributed by atoms with van der Waals surface area (Å²) >= 11 is 1.59. The highest BCUT2D eigenvalue weighted by molar-refractivity contribution is 7.07. The lowest BCUT2D eigenvalue weighted by molar-refractivity contribution is 0.117. The fourth-order valence-electron chi connectivity index (χ4n) is 2.43. The van der Waals surface area contributed by atoms with Crippen LogP contribution in [0.5, 0.6) is 0 Å². The Morgan fingerprint density at radius 2 is 2.09 bits per heavy atom. The molecule has 1 aromatic carbocycles. The second-order valence-corrected chi connectivity index (χ2v) is 6.52. The van der Waals surface area contributed by atoms with Gasteiger partial charge < -0.3 is 15.3 Å². The maximum absolute atomic E-state index is 13.0. The van der Waals surface area contributed by atoms with Crippen molar-refractivity contribution < 1.29 is 14.3 Å². The molecule has 6 heteroatoms. The Kier molecular flexibility index (Phi) is 4.93. The van der Waals surface area contributed by atoms with Crippen molar-refractivity contribution in [3.63, 3.8) is 0 Å². The normalized spacial score (nSPS) is 15.2. The van der Waals surface area contributed by atoms with Crippen LogP contribution in [0.1, 0.15) is 30.1 Å². The summed E-state index contributed by atoms with van der Waals surface area (Å²) in [5.74, 6) is -0.339. The first-order chi connectivity index (χ1) is 11.1. The Morgan fingerprint density at radius 1 is 1.35 bits per heavy atom. The third-order valence-corrected chi connectivity index (χ3v) is 4.63. The highest BCUT2D eigenvalue weighted by Crippen LogP contribution is 2.29. The Bertz CT molecular complexity index is 641. The number of rotatable bonds is 6. The third-order valence-electron chi connectivity index (χ3n) is 3.90. The number of thiophene rings is 1. The summed E-state index contributed by atoms with van der Waals surface area (Å²) in [5, 5.41) is 17.2. The molecule has 0 aliphatic heterocycles. The molecule has 0 bridgehead atoms. The molecule has 1 aromatic heterocycles. The molecule has 2 N–H and O–H groups in total. The van der Waals surface area contributed by atoms with Gasteiger partial charge in [-0.25, -0.2) is 9.18 Å². The number of aliphatic hydroxyl groups excluding tert-OH is 1. The molecule has 1 heterocycles. The number of amides is 2. The largest absolute Gasteiger partial charge is 0.387 e. The number of nitrogens with one attached hydrogen (secondary N) is 1. The van der Waals surface area contributed by atoms with Crippen molar-refractivity contribution in [2.45, 2.75) is 31.5 Å². The number of nitrogens with zero attached hydrogens (tertiary/aromatic N) is 1. The lowest BCUT2D eigenvalue weighted by atomic mass is 10.1. The van der Waals surface area contributed by atoms with Crippen LogP contribution in [0.15, 0.2) is 41.1 Å². The Balaban J connectivity index is 1.59. The molecule has 1 saturated carbocycles. The van der Waals surface area contributed by atoms with E-state index in [0.29, 0.717) is 12.1 Å². The van der Waals surface area contributed by atoms with Gasteiger partial charge in [-0.2, -0.15) is 11.3 Å². The second kappa shape index (κ2) is 7.10. The lowest BCUT2D eigenvalue weighted by Crippen LogP contribution is -2.43. The van der Waals surface area contributed by atoms with Gasteiger partial charge in [0.1, 0.15) is 5.82 Å². The van der Waals surface area contributed by atoms with Crippen LogP contribution >= 0.6 is 11.3 Å². The summed E-state index contributed by atoms with van der Waals surface area (Å²) < 4.78 is 13.0. The number of hydrogen-bond acceptors (Lipinski definition) is 3. The minimum absolute atomic E-state index is 0.167. The van der Waals surface area contributed by atoms with Crippen LogP contribution in [-0.4, -0.2) is 28.6 Å². The van der Waals surface area contributed by atoms with Crippen molar-refractivity contribution in [1.82, 2.24) is 10.2 Å². The number of carbonyl (C=O) groups excluding carboxylic acids is 1. The van der Waals surface area contributed by atoms with E-state index in [1.165, 1.54) is 12.1 Å². The van der Waals surface area contributed by atoms with Gasteiger partial charge in [-0.3, -0.25) is 0 Å². The van der Waals surface area contributed by atoms with Crippen LogP contribution in [0.3, 0.4) is 0 Å². The fraction of sp³-hybridized carbons (Fsp3) is 0.353. The molecule has 0 saturated heterocycles. The van der Waals surface area contributed by atoms with E-state index in [-0.39, 0.29) is 24.4 Å². The number of carbonyl (C=O) groups is 1. The van der Waals surface area contributed by atoms with E-state index in [0.717, 1.165) is 18.4 Å². The van der Waals surface area contributed by atoms with Crippen molar-refractivity contribution in [3.05, 3.63) is 58.0 Å². The molecule has 1 fully saturated rings. The van der Waals surface area contributed by atoms with Crippen molar-refractivity contribution in [2.24, 2.45) is 0 Å². The summed E-state index contributed by atoms with van der Waals surface area (Å²) in [6.45, 7) is 0.698. The Morgan fingerprint density at radius 3 is 2.70 bits per heavy atom. The number of urea groups is 1. The van der Waals surface area contributed by atoms with Gasteiger partial charge in [0.25, 0.3) is 0 Å². The topological polar surface area (TPSA) is 52.6 Å². The smallest absolute Gasteiger partial charge is 0.318 e.